The van der Waals surface area contributed by atoms with Crippen molar-refractivity contribution in [2.45, 2.75) is 31.6 Å². The van der Waals surface area contributed by atoms with E-state index in [0.29, 0.717) is 6.71 Å². The predicted molar refractivity (Wildman–Crippen MR) is 107 cm³/mol. The van der Waals surface area contributed by atoms with Gasteiger partial charge < -0.3 is 10.6 Å². The zero-order valence-electron chi connectivity index (χ0n) is 14.3. The molecule has 3 rings (SSSR count). The van der Waals surface area contributed by atoms with E-state index in [1.54, 1.807) is 0 Å². The lowest BCUT2D eigenvalue weighted by molar-refractivity contribution is 0.626. The van der Waals surface area contributed by atoms with Gasteiger partial charge in [0, 0.05) is 11.4 Å². The number of hydrogen-bond acceptors (Lipinski definition) is 2. The van der Waals surface area contributed by atoms with E-state index in [1.807, 2.05) is 0 Å². The van der Waals surface area contributed by atoms with Crippen LogP contribution in [-0.4, -0.2) is 12.3 Å². The quantitative estimate of drug-likeness (QED) is 0.527. The van der Waals surface area contributed by atoms with Crippen molar-refractivity contribution in [1.29, 1.82) is 0 Å². The summed E-state index contributed by atoms with van der Waals surface area (Å²) in [4.78, 5) is 0. The lowest BCUT2D eigenvalue weighted by Gasteiger charge is -2.42. The first kappa shape index (κ1) is 16.4. The van der Waals surface area contributed by atoms with Gasteiger partial charge in [-0.15, -0.1) is 5.98 Å². The van der Waals surface area contributed by atoms with Crippen molar-refractivity contribution in [2.75, 3.05) is 10.6 Å². The number of benzene rings is 2. The van der Waals surface area contributed by atoms with Gasteiger partial charge >= 0.3 is 0 Å². The molecule has 1 aliphatic rings. The van der Waals surface area contributed by atoms with Crippen molar-refractivity contribution in [2.24, 2.45) is 0 Å². The van der Waals surface area contributed by atoms with Gasteiger partial charge in [-0.2, -0.15) is 0 Å². The van der Waals surface area contributed by atoms with Crippen molar-refractivity contribution < 1.29 is 0 Å². The normalized spacial score (nSPS) is 13.8. The second kappa shape index (κ2) is 7.91. The van der Waals surface area contributed by atoms with Crippen molar-refractivity contribution in [1.82, 2.24) is 0 Å². The van der Waals surface area contributed by atoms with E-state index < -0.39 is 0 Å². The van der Waals surface area contributed by atoms with Crippen LogP contribution in [0.2, 0.25) is 6.32 Å². The molecule has 0 spiro atoms. The van der Waals surface area contributed by atoms with Gasteiger partial charge in [0.15, 0.2) is 0 Å². The fourth-order valence-electron chi connectivity index (χ4n) is 3.43. The van der Waals surface area contributed by atoms with E-state index in [2.05, 4.69) is 102 Å². The number of rotatable bonds is 7. The van der Waals surface area contributed by atoms with Gasteiger partial charge in [0.2, 0.25) is 6.71 Å². The molecule has 0 aliphatic carbocycles. The van der Waals surface area contributed by atoms with Crippen LogP contribution >= 0.6 is 0 Å². The van der Waals surface area contributed by atoms with Crippen molar-refractivity contribution in [3.63, 3.8) is 0 Å². The molecule has 1 heterocycles. The molecule has 24 heavy (non-hydrogen) atoms. The molecule has 0 saturated carbocycles. The van der Waals surface area contributed by atoms with Gasteiger partial charge in [-0.3, -0.25) is 0 Å². The lowest BCUT2D eigenvalue weighted by Crippen LogP contribution is -2.58. The first-order valence-corrected chi connectivity index (χ1v) is 8.82. The highest BCUT2D eigenvalue weighted by Crippen LogP contribution is 2.29. The molecular formula is C21H25BN2. The maximum absolute atomic E-state index is 3.82. The Hall–Kier alpha value is -2.42. The highest BCUT2D eigenvalue weighted by molar-refractivity contribution is 6.69. The van der Waals surface area contributed by atoms with Gasteiger partial charge in [-0.25, -0.2) is 0 Å². The van der Waals surface area contributed by atoms with Crippen LogP contribution in [0.4, 0.5) is 11.4 Å². The topological polar surface area (TPSA) is 24.1 Å². The van der Waals surface area contributed by atoms with E-state index in [1.165, 1.54) is 0 Å². The van der Waals surface area contributed by atoms with Gasteiger partial charge in [0.05, 0.1) is 5.56 Å². The van der Waals surface area contributed by atoms with Gasteiger partial charge in [0.25, 0.3) is 0 Å². The molecule has 2 aromatic carbocycles. The first-order valence-electron chi connectivity index (χ1n) is 8.82. The molecule has 0 amide bonds. The summed E-state index contributed by atoms with van der Waals surface area (Å²) in [6.45, 7) is 2.64. The predicted octanol–water partition coefficient (Wildman–Crippen LogP) is 5.41. The Labute approximate surface area is 145 Å². The van der Waals surface area contributed by atoms with Crippen molar-refractivity contribution in [3.05, 3.63) is 84.9 Å². The van der Waals surface area contributed by atoms with Crippen molar-refractivity contribution >= 4 is 18.1 Å². The molecule has 1 aliphatic heterocycles. The Morgan fingerprint density at radius 1 is 0.875 bits per heavy atom. The van der Waals surface area contributed by atoms with E-state index >= 15 is 0 Å². The van der Waals surface area contributed by atoms with E-state index in [9.17, 15) is 0 Å². The molecule has 0 bridgehead atoms. The summed E-state index contributed by atoms with van der Waals surface area (Å²) in [6, 6.07) is 21.0. The summed E-state index contributed by atoms with van der Waals surface area (Å²) in [5.41, 5.74) is 2.09. The minimum absolute atomic E-state index is 0.210. The smallest absolute Gasteiger partial charge is 0.226 e. The van der Waals surface area contributed by atoms with Crippen molar-refractivity contribution in [3.8, 4) is 0 Å². The Morgan fingerprint density at radius 3 is 1.92 bits per heavy atom. The first-order chi connectivity index (χ1) is 11.8. The molecule has 0 fully saturated rings. The minimum atomic E-state index is -0.210. The lowest BCUT2D eigenvalue weighted by atomic mass is 9.36. The summed E-state index contributed by atoms with van der Waals surface area (Å²) in [5, 5.41) is 7.63. The van der Waals surface area contributed by atoms with Gasteiger partial charge in [-0.05, 0) is 37.0 Å². The van der Waals surface area contributed by atoms with E-state index in [0.717, 1.165) is 30.5 Å². The summed E-state index contributed by atoms with van der Waals surface area (Å²) in [5.74, 6) is 2.32. The monoisotopic (exact) mass is 316 g/mol. The third kappa shape index (κ3) is 3.91. The van der Waals surface area contributed by atoms with Crippen LogP contribution in [0.5, 0.6) is 0 Å². The van der Waals surface area contributed by atoms with Crippen LogP contribution in [0.3, 0.4) is 0 Å². The average molecular weight is 316 g/mol. The summed E-state index contributed by atoms with van der Waals surface area (Å²) >= 11 is 0. The maximum atomic E-state index is 3.82. The highest BCUT2D eigenvalue weighted by Gasteiger charge is 2.39. The number of hydrogen-bond donors (Lipinski definition) is 2. The molecule has 0 saturated heterocycles. The molecular weight excluding hydrogens is 291 g/mol. The zero-order chi connectivity index (χ0) is 16.7. The zero-order valence-corrected chi connectivity index (χ0v) is 14.3. The second-order valence-corrected chi connectivity index (χ2v) is 6.36. The largest absolute Gasteiger partial charge is 0.369 e. The van der Waals surface area contributed by atoms with Gasteiger partial charge in [-0.1, -0.05) is 68.0 Å². The SMILES string of the molecule is CCCC(Nc1ccccc1)(Nc1ccccc1)B1C=CC=CC1. The third-order valence-electron chi connectivity index (χ3n) is 4.54. The second-order valence-electron chi connectivity index (χ2n) is 6.36. The Morgan fingerprint density at radius 2 is 1.46 bits per heavy atom. The van der Waals surface area contributed by atoms with Crippen LogP contribution < -0.4 is 10.6 Å². The molecule has 2 nitrogen and oxygen atoms in total. The van der Waals surface area contributed by atoms with Crippen LogP contribution in [0, 0.1) is 0 Å². The van der Waals surface area contributed by atoms with E-state index in [-0.39, 0.29) is 5.56 Å². The molecule has 0 atom stereocenters. The fraction of sp³-hybridized carbons (Fsp3) is 0.238. The average Bonchev–Trinajstić information content (AvgIpc) is 2.64. The number of nitrogens with one attached hydrogen (secondary N) is 2. The molecule has 0 radical (unpaired) electrons. The van der Waals surface area contributed by atoms with Gasteiger partial charge in [0.1, 0.15) is 0 Å². The highest BCUT2D eigenvalue weighted by atomic mass is 15.2. The van der Waals surface area contributed by atoms with Crippen LogP contribution in [0.25, 0.3) is 0 Å². The number of anilines is 2. The molecule has 0 aromatic heterocycles. The molecule has 2 aromatic rings. The van der Waals surface area contributed by atoms with Crippen LogP contribution in [0.1, 0.15) is 19.8 Å². The van der Waals surface area contributed by atoms with Crippen LogP contribution in [-0.2, 0) is 0 Å². The standard InChI is InChI=1S/C21H25BN2/c1-2-16-21(22-17-10-5-11-18-22,23-19-12-6-3-7-13-19)24-20-14-8-4-9-15-20/h3-15,17,23-24H,2,16,18H2,1H3. The summed E-state index contributed by atoms with van der Waals surface area (Å²) in [7, 11) is 0. The van der Waals surface area contributed by atoms with E-state index in [4.69, 9.17) is 0 Å². The minimum Gasteiger partial charge on any atom is -0.369 e. The molecule has 2 N–H and O–H groups in total. The maximum Gasteiger partial charge on any atom is 0.226 e. The number of para-hydroxylation sites is 2. The molecule has 3 heteroatoms. The Bertz CT molecular complexity index is 638. The van der Waals surface area contributed by atoms with Crippen LogP contribution in [0.15, 0.2) is 84.9 Å². The Balaban J connectivity index is 1.95. The molecule has 0 unspecified atom stereocenters. The summed E-state index contributed by atoms with van der Waals surface area (Å²) in [6.07, 6.45) is 9.74. The number of allylic oxidation sites excluding steroid dienone is 3. The summed E-state index contributed by atoms with van der Waals surface area (Å²) < 4.78 is 0. The fourth-order valence-corrected chi connectivity index (χ4v) is 3.43. The molecule has 122 valence electrons. The third-order valence-corrected chi connectivity index (χ3v) is 4.54. The Kier molecular flexibility index (Phi) is 5.42.